The van der Waals surface area contributed by atoms with Crippen molar-refractivity contribution in [3.05, 3.63) is 23.3 Å². The Morgan fingerprint density at radius 1 is 1.28 bits per heavy atom. The number of anilines is 1. The number of sulfonamides is 1. The monoisotopic (exact) mass is 268 g/mol. The summed E-state index contributed by atoms with van der Waals surface area (Å²) in [6, 6.07) is 3.66. The molecule has 0 unspecified atom stereocenters. The fourth-order valence-electron chi connectivity index (χ4n) is 2.22. The number of nitrogens with two attached hydrogens (primary N) is 1. The van der Waals surface area contributed by atoms with E-state index in [2.05, 4.69) is 0 Å². The van der Waals surface area contributed by atoms with Crippen molar-refractivity contribution < 1.29 is 8.42 Å². The first-order valence-electron chi connectivity index (χ1n) is 6.19. The van der Waals surface area contributed by atoms with Crippen molar-refractivity contribution in [2.75, 3.05) is 12.8 Å². The molecular weight excluding hydrogens is 248 g/mol. The Bertz CT molecular complexity index is 563. The van der Waals surface area contributed by atoms with Crippen molar-refractivity contribution in [3.8, 4) is 0 Å². The number of hydrogen-bond donors (Lipinski definition) is 1. The van der Waals surface area contributed by atoms with Crippen molar-refractivity contribution in [2.24, 2.45) is 0 Å². The fourth-order valence-corrected chi connectivity index (χ4v) is 3.98. The molecule has 2 N–H and O–H groups in total. The van der Waals surface area contributed by atoms with Crippen LogP contribution in [-0.2, 0) is 10.0 Å². The molecule has 1 aromatic carbocycles. The van der Waals surface area contributed by atoms with Gasteiger partial charge >= 0.3 is 0 Å². The molecule has 0 amide bonds. The quantitative estimate of drug-likeness (QED) is 0.853. The molecule has 4 nitrogen and oxygen atoms in total. The Morgan fingerprint density at radius 2 is 1.89 bits per heavy atom. The summed E-state index contributed by atoms with van der Waals surface area (Å²) in [7, 11) is -1.76. The molecule has 1 aliphatic carbocycles. The summed E-state index contributed by atoms with van der Waals surface area (Å²) < 4.78 is 26.6. The van der Waals surface area contributed by atoms with Gasteiger partial charge in [0, 0.05) is 18.8 Å². The van der Waals surface area contributed by atoms with Crippen molar-refractivity contribution in [2.45, 2.75) is 44.0 Å². The first-order valence-corrected chi connectivity index (χ1v) is 7.63. The molecule has 1 aliphatic rings. The van der Waals surface area contributed by atoms with Gasteiger partial charge in [-0.05, 0) is 49.9 Å². The summed E-state index contributed by atoms with van der Waals surface area (Å²) >= 11 is 0. The van der Waals surface area contributed by atoms with E-state index in [0.717, 1.165) is 24.8 Å². The van der Waals surface area contributed by atoms with E-state index in [1.165, 1.54) is 4.31 Å². The van der Waals surface area contributed by atoms with Gasteiger partial charge in [-0.2, -0.15) is 4.31 Å². The molecule has 1 aromatic rings. The van der Waals surface area contributed by atoms with E-state index in [4.69, 9.17) is 5.73 Å². The average Bonchev–Trinajstić information content (AvgIpc) is 2.20. The molecule has 0 aromatic heterocycles. The van der Waals surface area contributed by atoms with E-state index < -0.39 is 10.0 Å². The van der Waals surface area contributed by atoms with E-state index in [1.807, 2.05) is 6.92 Å². The molecule has 0 bridgehead atoms. The van der Waals surface area contributed by atoms with E-state index in [-0.39, 0.29) is 6.04 Å². The van der Waals surface area contributed by atoms with Gasteiger partial charge in [-0.3, -0.25) is 0 Å². The lowest BCUT2D eigenvalue weighted by atomic mass is 9.94. The Balaban J connectivity index is 2.46. The Kier molecular flexibility index (Phi) is 3.38. The molecule has 0 spiro atoms. The van der Waals surface area contributed by atoms with Gasteiger partial charge in [0.15, 0.2) is 0 Å². The summed E-state index contributed by atoms with van der Waals surface area (Å²) in [4.78, 5) is 0.342. The molecule has 100 valence electrons. The number of hydrogen-bond acceptors (Lipinski definition) is 3. The van der Waals surface area contributed by atoms with Crippen molar-refractivity contribution in [1.82, 2.24) is 4.31 Å². The summed E-state index contributed by atoms with van der Waals surface area (Å²) in [5.74, 6) is 0. The average molecular weight is 268 g/mol. The third-order valence-electron chi connectivity index (χ3n) is 3.79. The van der Waals surface area contributed by atoms with Crippen molar-refractivity contribution in [1.29, 1.82) is 0 Å². The second-order valence-electron chi connectivity index (χ2n) is 5.08. The van der Waals surface area contributed by atoms with Crippen LogP contribution in [0.5, 0.6) is 0 Å². The molecule has 0 atom stereocenters. The molecule has 0 saturated heterocycles. The minimum atomic E-state index is -3.42. The van der Waals surface area contributed by atoms with E-state index >= 15 is 0 Å². The van der Waals surface area contributed by atoms with Gasteiger partial charge in [0.25, 0.3) is 0 Å². The molecule has 5 heteroatoms. The lowest BCUT2D eigenvalue weighted by Crippen LogP contribution is -2.41. The van der Waals surface area contributed by atoms with Crippen LogP contribution in [0.25, 0.3) is 0 Å². The number of rotatable bonds is 3. The molecule has 18 heavy (non-hydrogen) atoms. The number of nitrogen functional groups attached to an aromatic ring is 1. The van der Waals surface area contributed by atoms with Gasteiger partial charge in [0.05, 0.1) is 4.90 Å². The standard InChI is InChI=1S/C13H20N2O2S/c1-9-7-12(14)10(2)13(8-9)18(16,17)15(3)11-5-4-6-11/h7-8,11H,4-6,14H2,1-3H3. The van der Waals surface area contributed by atoms with Crippen LogP contribution in [0.2, 0.25) is 0 Å². The lowest BCUT2D eigenvalue weighted by Gasteiger charge is -2.34. The Labute approximate surface area is 109 Å². The highest BCUT2D eigenvalue weighted by Gasteiger charge is 2.32. The molecule has 0 aliphatic heterocycles. The summed E-state index contributed by atoms with van der Waals surface area (Å²) in [5, 5.41) is 0. The van der Waals surface area contributed by atoms with E-state index in [0.29, 0.717) is 16.1 Å². The van der Waals surface area contributed by atoms with Gasteiger partial charge in [-0.1, -0.05) is 6.42 Å². The van der Waals surface area contributed by atoms with Gasteiger partial charge < -0.3 is 5.73 Å². The summed E-state index contributed by atoms with van der Waals surface area (Å²) in [6.45, 7) is 3.62. The third kappa shape index (κ3) is 2.12. The molecular formula is C13H20N2O2S. The highest BCUT2D eigenvalue weighted by molar-refractivity contribution is 7.89. The highest BCUT2D eigenvalue weighted by Crippen LogP contribution is 2.31. The van der Waals surface area contributed by atoms with Crippen molar-refractivity contribution in [3.63, 3.8) is 0 Å². The minimum Gasteiger partial charge on any atom is -0.398 e. The van der Waals surface area contributed by atoms with E-state index in [9.17, 15) is 8.42 Å². The molecule has 0 heterocycles. The molecule has 1 fully saturated rings. The van der Waals surface area contributed by atoms with Crippen molar-refractivity contribution >= 4 is 15.7 Å². The molecule has 2 rings (SSSR count). The third-order valence-corrected chi connectivity index (χ3v) is 5.83. The predicted molar refractivity (Wildman–Crippen MR) is 72.9 cm³/mol. The van der Waals surface area contributed by atoms with Crippen LogP contribution >= 0.6 is 0 Å². The lowest BCUT2D eigenvalue weighted by molar-refractivity contribution is 0.249. The predicted octanol–water partition coefficient (Wildman–Crippen LogP) is 2.06. The van der Waals surface area contributed by atoms with Crippen LogP contribution in [0.1, 0.15) is 30.4 Å². The molecule has 1 saturated carbocycles. The SMILES string of the molecule is Cc1cc(N)c(C)c(S(=O)(=O)N(C)C2CCC2)c1. The number of nitrogens with zero attached hydrogens (tertiary/aromatic N) is 1. The number of benzene rings is 1. The maximum Gasteiger partial charge on any atom is 0.243 e. The van der Waals surface area contributed by atoms with Crippen LogP contribution in [0.3, 0.4) is 0 Å². The zero-order valence-corrected chi connectivity index (χ0v) is 11.9. The Morgan fingerprint density at radius 3 is 2.39 bits per heavy atom. The minimum absolute atomic E-state index is 0.149. The van der Waals surface area contributed by atoms with Gasteiger partial charge in [0.1, 0.15) is 0 Å². The second kappa shape index (κ2) is 4.55. The number of aryl methyl sites for hydroxylation is 1. The highest BCUT2D eigenvalue weighted by atomic mass is 32.2. The topological polar surface area (TPSA) is 63.4 Å². The van der Waals surface area contributed by atoms with E-state index in [1.54, 1.807) is 26.1 Å². The van der Waals surface area contributed by atoms with Gasteiger partial charge in [0.2, 0.25) is 10.0 Å². The maximum absolute atomic E-state index is 12.6. The second-order valence-corrected chi connectivity index (χ2v) is 7.05. The first-order chi connectivity index (χ1) is 8.34. The normalized spacial score (nSPS) is 16.9. The smallest absolute Gasteiger partial charge is 0.243 e. The molecule has 0 radical (unpaired) electrons. The van der Waals surface area contributed by atoms with Gasteiger partial charge in [-0.25, -0.2) is 8.42 Å². The summed E-state index contributed by atoms with van der Waals surface area (Å²) in [5.41, 5.74) is 7.91. The van der Waals surface area contributed by atoms with Gasteiger partial charge in [-0.15, -0.1) is 0 Å². The van der Waals surface area contributed by atoms with Crippen LogP contribution in [0, 0.1) is 13.8 Å². The maximum atomic E-state index is 12.6. The fraction of sp³-hybridized carbons (Fsp3) is 0.538. The zero-order valence-electron chi connectivity index (χ0n) is 11.1. The largest absolute Gasteiger partial charge is 0.398 e. The van der Waals surface area contributed by atoms with Crippen LogP contribution in [0.15, 0.2) is 17.0 Å². The Hall–Kier alpha value is -1.07. The van der Waals surface area contributed by atoms with Crippen LogP contribution in [-0.4, -0.2) is 25.8 Å². The zero-order chi connectivity index (χ0) is 13.5. The van der Waals surface area contributed by atoms with Crippen LogP contribution < -0.4 is 5.73 Å². The van der Waals surface area contributed by atoms with Crippen LogP contribution in [0.4, 0.5) is 5.69 Å². The summed E-state index contributed by atoms with van der Waals surface area (Å²) in [6.07, 6.45) is 3.02. The first kappa shape index (κ1) is 13.4.